The van der Waals surface area contributed by atoms with Gasteiger partial charge in [0.2, 0.25) is 5.91 Å². The Bertz CT molecular complexity index is 315. The number of rotatable bonds is 8. The number of carboxylic acid groups (broad SMARTS) is 1. The van der Waals surface area contributed by atoms with Crippen LogP contribution in [0.15, 0.2) is 12.2 Å². The normalized spacial score (nSPS) is 22.1. The second-order valence-electron chi connectivity index (χ2n) is 4.74. The summed E-state index contributed by atoms with van der Waals surface area (Å²) in [7, 11) is 0. The van der Waals surface area contributed by atoms with Crippen LogP contribution in [0.25, 0.3) is 0 Å². The van der Waals surface area contributed by atoms with E-state index < -0.39 is 5.97 Å². The minimum atomic E-state index is -0.743. The van der Waals surface area contributed by atoms with Crippen molar-refractivity contribution in [3.05, 3.63) is 12.2 Å². The third-order valence-corrected chi connectivity index (χ3v) is 3.07. The van der Waals surface area contributed by atoms with Crippen LogP contribution < -0.4 is 11.1 Å². The number of unbranched alkanes of at least 4 members (excludes halogenated alkanes) is 3. The van der Waals surface area contributed by atoms with Gasteiger partial charge < -0.3 is 16.2 Å². The summed E-state index contributed by atoms with van der Waals surface area (Å²) in [6.45, 7) is 0.658. The minimum absolute atomic E-state index is 0.0109. The minimum Gasteiger partial charge on any atom is -0.481 e. The summed E-state index contributed by atoms with van der Waals surface area (Å²) in [5.74, 6) is -0.774. The Morgan fingerprint density at radius 2 is 1.94 bits per heavy atom. The van der Waals surface area contributed by atoms with E-state index in [1.54, 1.807) is 0 Å². The molecule has 0 radical (unpaired) electrons. The molecule has 0 aromatic carbocycles. The molecule has 18 heavy (non-hydrogen) atoms. The van der Waals surface area contributed by atoms with E-state index in [1.165, 1.54) is 0 Å². The fraction of sp³-hybridized carbons (Fsp3) is 0.692. The molecule has 0 fully saturated rings. The highest BCUT2D eigenvalue weighted by Crippen LogP contribution is 2.16. The molecular formula is C13H22N2O3. The van der Waals surface area contributed by atoms with Crippen molar-refractivity contribution in [2.45, 2.75) is 44.6 Å². The molecule has 5 nitrogen and oxygen atoms in total. The number of aliphatic carboxylic acids is 1. The molecule has 0 aromatic heterocycles. The number of hydrogen-bond donors (Lipinski definition) is 3. The Balaban J connectivity index is 1.96. The lowest BCUT2D eigenvalue weighted by atomic mass is 10.1. The van der Waals surface area contributed by atoms with Gasteiger partial charge in [-0.3, -0.25) is 9.59 Å². The maximum absolute atomic E-state index is 11.7. The van der Waals surface area contributed by atoms with Crippen LogP contribution in [0.2, 0.25) is 0 Å². The zero-order chi connectivity index (χ0) is 13.4. The first-order valence-corrected chi connectivity index (χ1v) is 6.53. The summed E-state index contributed by atoms with van der Waals surface area (Å²) in [6, 6.07) is 0.0109. The zero-order valence-corrected chi connectivity index (χ0v) is 10.6. The van der Waals surface area contributed by atoms with E-state index in [9.17, 15) is 9.59 Å². The Morgan fingerprint density at radius 1 is 1.22 bits per heavy atom. The highest BCUT2D eigenvalue weighted by molar-refractivity contribution is 5.81. The fourth-order valence-electron chi connectivity index (χ4n) is 2.02. The van der Waals surface area contributed by atoms with Crippen molar-refractivity contribution in [2.75, 3.05) is 6.54 Å². The molecule has 5 heteroatoms. The van der Waals surface area contributed by atoms with Crippen LogP contribution in [-0.4, -0.2) is 29.6 Å². The van der Waals surface area contributed by atoms with E-state index in [0.717, 1.165) is 19.3 Å². The molecule has 2 atom stereocenters. The van der Waals surface area contributed by atoms with Crippen molar-refractivity contribution in [3.8, 4) is 0 Å². The van der Waals surface area contributed by atoms with Gasteiger partial charge in [-0.25, -0.2) is 0 Å². The summed E-state index contributed by atoms with van der Waals surface area (Å²) in [5, 5.41) is 11.3. The standard InChI is InChI=1S/C13H22N2O3/c14-11-7-6-10(9-11)13(18)15-8-4-2-1-3-5-12(16)17/h6-7,10-11H,1-5,8-9,14H2,(H,15,18)(H,16,17). The topological polar surface area (TPSA) is 92.4 Å². The van der Waals surface area contributed by atoms with E-state index in [-0.39, 0.29) is 24.3 Å². The Labute approximate surface area is 107 Å². The highest BCUT2D eigenvalue weighted by atomic mass is 16.4. The molecule has 4 N–H and O–H groups in total. The van der Waals surface area contributed by atoms with Crippen LogP contribution in [0, 0.1) is 5.92 Å². The van der Waals surface area contributed by atoms with Crippen LogP contribution in [0.1, 0.15) is 38.5 Å². The SMILES string of the molecule is NC1C=CC(C(=O)NCCCCCCC(=O)O)C1. The van der Waals surface area contributed by atoms with Gasteiger partial charge >= 0.3 is 5.97 Å². The van der Waals surface area contributed by atoms with Crippen molar-refractivity contribution in [3.63, 3.8) is 0 Å². The molecule has 0 saturated heterocycles. The quantitative estimate of drug-likeness (QED) is 0.446. The number of carboxylic acids is 1. The maximum Gasteiger partial charge on any atom is 0.303 e. The summed E-state index contributed by atoms with van der Waals surface area (Å²) >= 11 is 0. The summed E-state index contributed by atoms with van der Waals surface area (Å²) < 4.78 is 0. The zero-order valence-electron chi connectivity index (χ0n) is 10.6. The molecule has 0 heterocycles. The number of nitrogens with one attached hydrogen (secondary N) is 1. The number of carbonyl (C=O) groups is 2. The maximum atomic E-state index is 11.7. The van der Waals surface area contributed by atoms with E-state index in [2.05, 4.69) is 5.32 Å². The first kappa shape index (κ1) is 14.7. The second kappa shape index (κ2) is 7.87. The third-order valence-electron chi connectivity index (χ3n) is 3.07. The van der Waals surface area contributed by atoms with Crippen molar-refractivity contribution < 1.29 is 14.7 Å². The molecule has 1 rings (SSSR count). The number of amides is 1. The van der Waals surface area contributed by atoms with Crippen LogP contribution in [-0.2, 0) is 9.59 Å². The molecular weight excluding hydrogens is 232 g/mol. The number of nitrogens with two attached hydrogens (primary N) is 1. The summed E-state index contributed by atoms with van der Waals surface area (Å²) in [6.07, 6.45) is 8.13. The van der Waals surface area contributed by atoms with E-state index in [4.69, 9.17) is 10.8 Å². The fourth-order valence-corrected chi connectivity index (χ4v) is 2.02. The monoisotopic (exact) mass is 254 g/mol. The average molecular weight is 254 g/mol. The molecule has 0 aliphatic heterocycles. The Morgan fingerprint density at radius 3 is 2.56 bits per heavy atom. The summed E-state index contributed by atoms with van der Waals surface area (Å²) in [5.41, 5.74) is 5.68. The van der Waals surface area contributed by atoms with Gasteiger partial charge in [-0.2, -0.15) is 0 Å². The average Bonchev–Trinajstić information content (AvgIpc) is 2.74. The first-order chi connectivity index (χ1) is 8.59. The number of carbonyl (C=O) groups excluding carboxylic acids is 1. The predicted molar refractivity (Wildman–Crippen MR) is 69.0 cm³/mol. The lowest BCUT2D eigenvalue weighted by molar-refractivity contribution is -0.137. The predicted octanol–water partition coefficient (Wildman–Crippen LogP) is 1.04. The van der Waals surface area contributed by atoms with Gasteiger partial charge in [0.1, 0.15) is 0 Å². The van der Waals surface area contributed by atoms with Gasteiger partial charge in [-0.05, 0) is 19.3 Å². The Hall–Kier alpha value is -1.36. The van der Waals surface area contributed by atoms with Crippen molar-refractivity contribution >= 4 is 11.9 Å². The molecule has 0 bridgehead atoms. The van der Waals surface area contributed by atoms with Gasteiger partial charge in [0.15, 0.2) is 0 Å². The van der Waals surface area contributed by atoms with Gasteiger partial charge in [-0.15, -0.1) is 0 Å². The van der Waals surface area contributed by atoms with Gasteiger partial charge in [0.25, 0.3) is 0 Å². The molecule has 2 unspecified atom stereocenters. The van der Waals surface area contributed by atoms with Gasteiger partial charge in [0.05, 0.1) is 5.92 Å². The molecule has 0 spiro atoms. The van der Waals surface area contributed by atoms with Crippen molar-refractivity contribution in [1.29, 1.82) is 0 Å². The second-order valence-corrected chi connectivity index (χ2v) is 4.74. The molecule has 1 aliphatic rings. The van der Waals surface area contributed by atoms with Crippen LogP contribution in [0.5, 0.6) is 0 Å². The first-order valence-electron chi connectivity index (χ1n) is 6.53. The molecule has 1 amide bonds. The summed E-state index contributed by atoms with van der Waals surface area (Å²) in [4.78, 5) is 22.0. The largest absolute Gasteiger partial charge is 0.481 e. The molecule has 0 aromatic rings. The van der Waals surface area contributed by atoms with Gasteiger partial charge in [-0.1, -0.05) is 25.0 Å². The molecule has 0 saturated carbocycles. The van der Waals surface area contributed by atoms with Gasteiger partial charge in [0, 0.05) is 19.0 Å². The van der Waals surface area contributed by atoms with Crippen molar-refractivity contribution in [2.24, 2.45) is 11.7 Å². The van der Waals surface area contributed by atoms with Crippen LogP contribution in [0.3, 0.4) is 0 Å². The highest BCUT2D eigenvalue weighted by Gasteiger charge is 2.21. The van der Waals surface area contributed by atoms with E-state index >= 15 is 0 Å². The van der Waals surface area contributed by atoms with E-state index in [0.29, 0.717) is 19.4 Å². The molecule has 102 valence electrons. The lowest BCUT2D eigenvalue weighted by Gasteiger charge is -2.10. The molecule has 1 aliphatic carbocycles. The third kappa shape index (κ3) is 5.82. The number of hydrogen-bond acceptors (Lipinski definition) is 3. The Kier molecular flexibility index (Phi) is 6.43. The lowest BCUT2D eigenvalue weighted by Crippen LogP contribution is -2.31. The van der Waals surface area contributed by atoms with Crippen LogP contribution >= 0.6 is 0 Å². The van der Waals surface area contributed by atoms with Crippen molar-refractivity contribution in [1.82, 2.24) is 5.32 Å². The smallest absolute Gasteiger partial charge is 0.303 e. The van der Waals surface area contributed by atoms with Crippen LogP contribution in [0.4, 0.5) is 0 Å². The van der Waals surface area contributed by atoms with E-state index in [1.807, 2.05) is 12.2 Å².